The second-order valence-electron chi connectivity index (χ2n) is 6.42. The van der Waals surface area contributed by atoms with Gasteiger partial charge in [-0.05, 0) is 42.5 Å². The van der Waals surface area contributed by atoms with Crippen LogP contribution >= 0.6 is 15.9 Å². The van der Waals surface area contributed by atoms with E-state index in [-0.39, 0.29) is 12.5 Å². The summed E-state index contributed by atoms with van der Waals surface area (Å²) in [4.78, 5) is 38.9. The van der Waals surface area contributed by atoms with E-state index in [4.69, 9.17) is 0 Å². The predicted molar refractivity (Wildman–Crippen MR) is 117 cm³/mol. The standard InChI is InChI=1S/C22H16BrN3O3/c23-15-11-12-19-18(13-15)21(28)26(17-9-5-2-6-10-17)22(29)25(19)14-20(27)24-16-7-3-1-4-8-16/h1-13H,14H2,(H,24,27). The average molecular weight is 450 g/mol. The third kappa shape index (κ3) is 3.77. The molecule has 0 saturated carbocycles. The molecule has 0 aliphatic carbocycles. The molecule has 0 radical (unpaired) electrons. The highest BCUT2D eigenvalue weighted by Crippen LogP contribution is 2.17. The molecule has 3 aromatic carbocycles. The number of hydrogen-bond donors (Lipinski definition) is 1. The van der Waals surface area contributed by atoms with Gasteiger partial charge >= 0.3 is 5.69 Å². The number of halogens is 1. The number of anilines is 1. The van der Waals surface area contributed by atoms with E-state index >= 15 is 0 Å². The number of benzene rings is 3. The van der Waals surface area contributed by atoms with Gasteiger partial charge in [0.25, 0.3) is 5.56 Å². The zero-order chi connectivity index (χ0) is 20.4. The monoisotopic (exact) mass is 449 g/mol. The van der Waals surface area contributed by atoms with Crippen molar-refractivity contribution in [2.75, 3.05) is 5.32 Å². The number of amides is 1. The molecule has 0 atom stereocenters. The number of nitrogens with one attached hydrogen (secondary N) is 1. The van der Waals surface area contributed by atoms with Crippen LogP contribution in [0.1, 0.15) is 0 Å². The molecule has 1 amide bonds. The van der Waals surface area contributed by atoms with E-state index in [1.807, 2.05) is 18.2 Å². The number of nitrogens with zero attached hydrogens (tertiary/aromatic N) is 2. The van der Waals surface area contributed by atoms with Crippen molar-refractivity contribution in [2.24, 2.45) is 0 Å². The van der Waals surface area contributed by atoms with E-state index in [2.05, 4.69) is 21.2 Å². The average Bonchev–Trinajstić information content (AvgIpc) is 2.73. The smallest absolute Gasteiger partial charge is 0.325 e. The molecule has 29 heavy (non-hydrogen) atoms. The summed E-state index contributed by atoms with van der Waals surface area (Å²) in [6, 6.07) is 22.7. The molecule has 0 aliphatic heterocycles. The summed E-state index contributed by atoms with van der Waals surface area (Å²) in [5, 5.41) is 3.12. The van der Waals surface area contributed by atoms with Crippen LogP contribution in [0.5, 0.6) is 0 Å². The fourth-order valence-electron chi connectivity index (χ4n) is 3.17. The number of rotatable bonds is 4. The molecule has 1 heterocycles. The first kappa shape index (κ1) is 18.9. The molecule has 1 N–H and O–H groups in total. The van der Waals surface area contributed by atoms with Gasteiger partial charge in [0.15, 0.2) is 0 Å². The van der Waals surface area contributed by atoms with Crippen molar-refractivity contribution in [3.8, 4) is 5.69 Å². The van der Waals surface area contributed by atoms with Crippen molar-refractivity contribution in [3.63, 3.8) is 0 Å². The summed E-state index contributed by atoms with van der Waals surface area (Å²) < 4.78 is 3.11. The number of carbonyl (C=O) groups excluding carboxylic acids is 1. The molecule has 0 fully saturated rings. The number of aromatic nitrogens is 2. The van der Waals surface area contributed by atoms with E-state index in [1.165, 1.54) is 4.57 Å². The van der Waals surface area contributed by atoms with E-state index < -0.39 is 11.2 Å². The van der Waals surface area contributed by atoms with Crippen LogP contribution < -0.4 is 16.6 Å². The molecule has 7 heteroatoms. The molecular weight excluding hydrogens is 434 g/mol. The fourth-order valence-corrected chi connectivity index (χ4v) is 3.53. The SMILES string of the molecule is O=C(Cn1c(=O)n(-c2ccccc2)c(=O)c2cc(Br)ccc21)Nc1ccccc1. The molecule has 4 aromatic rings. The Bertz CT molecular complexity index is 1310. The van der Waals surface area contributed by atoms with Crippen molar-refractivity contribution in [1.82, 2.24) is 9.13 Å². The first-order chi connectivity index (χ1) is 14.0. The quantitative estimate of drug-likeness (QED) is 0.517. The lowest BCUT2D eigenvalue weighted by Crippen LogP contribution is -2.40. The summed E-state index contributed by atoms with van der Waals surface area (Å²) in [6.07, 6.45) is 0. The lowest BCUT2D eigenvalue weighted by molar-refractivity contribution is -0.116. The van der Waals surface area contributed by atoms with Gasteiger partial charge < -0.3 is 5.32 Å². The van der Waals surface area contributed by atoms with Crippen molar-refractivity contribution in [1.29, 1.82) is 0 Å². The third-order valence-corrected chi connectivity index (χ3v) is 4.97. The molecule has 144 valence electrons. The van der Waals surface area contributed by atoms with Crippen LogP contribution in [0.4, 0.5) is 5.69 Å². The molecule has 0 unspecified atom stereocenters. The van der Waals surface area contributed by atoms with Gasteiger partial charge in [-0.2, -0.15) is 0 Å². The van der Waals surface area contributed by atoms with Crippen LogP contribution in [-0.2, 0) is 11.3 Å². The largest absolute Gasteiger partial charge is 0.336 e. The van der Waals surface area contributed by atoms with Crippen molar-refractivity contribution < 1.29 is 4.79 Å². The van der Waals surface area contributed by atoms with Crippen LogP contribution in [0.25, 0.3) is 16.6 Å². The summed E-state index contributed by atoms with van der Waals surface area (Å²) in [5.74, 6) is -0.360. The van der Waals surface area contributed by atoms with Gasteiger partial charge in [0.1, 0.15) is 6.54 Å². The second-order valence-corrected chi connectivity index (χ2v) is 7.34. The van der Waals surface area contributed by atoms with E-state index in [1.54, 1.807) is 60.7 Å². The van der Waals surface area contributed by atoms with Crippen LogP contribution in [0.15, 0.2) is 92.9 Å². The second kappa shape index (κ2) is 7.89. The Kier molecular flexibility index (Phi) is 5.14. The molecule has 6 nitrogen and oxygen atoms in total. The molecule has 4 rings (SSSR count). The van der Waals surface area contributed by atoms with Gasteiger partial charge in [-0.3, -0.25) is 14.2 Å². The number of para-hydroxylation sites is 2. The van der Waals surface area contributed by atoms with Crippen molar-refractivity contribution in [3.05, 3.63) is 104 Å². The maximum Gasteiger partial charge on any atom is 0.336 e. The van der Waals surface area contributed by atoms with Gasteiger partial charge in [-0.25, -0.2) is 9.36 Å². The lowest BCUT2D eigenvalue weighted by atomic mass is 10.2. The summed E-state index contributed by atoms with van der Waals surface area (Å²) in [6.45, 7) is -0.223. The minimum absolute atomic E-state index is 0.223. The predicted octanol–water partition coefficient (Wildman–Crippen LogP) is 3.55. The first-order valence-corrected chi connectivity index (χ1v) is 9.69. The number of hydrogen-bond acceptors (Lipinski definition) is 3. The zero-order valence-corrected chi connectivity index (χ0v) is 16.8. The lowest BCUT2D eigenvalue weighted by Gasteiger charge is -2.14. The van der Waals surface area contributed by atoms with E-state index in [0.717, 1.165) is 4.57 Å². The van der Waals surface area contributed by atoms with Crippen molar-refractivity contribution in [2.45, 2.75) is 6.54 Å². The van der Waals surface area contributed by atoms with E-state index in [9.17, 15) is 14.4 Å². The van der Waals surface area contributed by atoms with Crippen LogP contribution in [0.3, 0.4) is 0 Å². The topological polar surface area (TPSA) is 73.1 Å². The van der Waals surface area contributed by atoms with Gasteiger partial charge in [0.05, 0.1) is 16.6 Å². The Labute approximate surface area is 174 Å². The molecule has 0 bridgehead atoms. The van der Waals surface area contributed by atoms with Gasteiger partial charge in [-0.15, -0.1) is 0 Å². The highest BCUT2D eigenvalue weighted by molar-refractivity contribution is 9.10. The van der Waals surface area contributed by atoms with Crippen LogP contribution in [0.2, 0.25) is 0 Å². The Morgan fingerprint density at radius 2 is 1.55 bits per heavy atom. The Hall–Kier alpha value is -3.45. The third-order valence-electron chi connectivity index (χ3n) is 4.48. The van der Waals surface area contributed by atoms with Gasteiger partial charge in [-0.1, -0.05) is 52.3 Å². The fraction of sp³-hybridized carbons (Fsp3) is 0.0455. The normalized spacial score (nSPS) is 10.8. The van der Waals surface area contributed by atoms with E-state index in [0.29, 0.717) is 26.8 Å². The highest BCUT2D eigenvalue weighted by Gasteiger charge is 2.17. The summed E-state index contributed by atoms with van der Waals surface area (Å²) in [5.41, 5.74) is 0.477. The minimum atomic E-state index is -0.570. The first-order valence-electron chi connectivity index (χ1n) is 8.90. The summed E-state index contributed by atoms with van der Waals surface area (Å²) in [7, 11) is 0. The summed E-state index contributed by atoms with van der Waals surface area (Å²) >= 11 is 3.37. The van der Waals surface area contributed by atoms with Gasteiger partial charge in [0, 0.05) is 10.2 Å². The molecule has 1 aromatic heterocycles. The Morgan fingerprint density at radius 1 is 0.897 bits per heavy atom. The number of fused-ring (bicyclic) bond motifs is 1. The number of carbonyl (C=O) groups is 1. The molecule has 0 aliphatic rings. The van der Waals surface area contributed by atoms with Gasteiger partial charge in [0.2, 0.25) is 5.91 Å². The molecular formula is C22H16BrN3O3. The Balaban J connectivity index is 1.87. The molecule has 0 spiro atoms. The minimum Gasteiger partial charge on any atom is -0.325 e. The highest BCUT2D eigenvalue weighted by atomic mass is 79.9. The maximum atomic E-state index is 13.2. The van der Waals surface area contributed by atoms with Crippen LogP contribution in [-0.4, -0.2) is 15.0 Å². The Morgan fingerprint density at radius 3 is 2.24 bits per heavy atom. The maximum absolute atomic E-state index is 13.2. The molecule has 0 saturated heterocycles. The van der Waals surface area contributed by atoms with Crippen molar-refractivity contribution >= 4 is 38.4 Å². The zero-order valence-electron chi connectivity index (χ0n) is 15.2. The van der Waals surface area contributed by atoms with Crippen LogP contribution in [0, 0.1) is 0 Å².